The summed E-state index contributed by atoms with van der Waals surface area (Å²) in [5, 5.41) is 0. The van der Waals surface area contributed by atoms with Crippen molar-refractivity contribution in [1.82, 2.24) is 19.7 Å². The van der Waals surface area contributed by atoms with Crippen LogP contribution in [-0.2, 0) is 21.2 Å². The molecule has 0 N–H and O–H groups in total. The zero-order chi connectivity index (χ0) is 26.3. The highest BCUT2D eigenvalue weighted by molar-refractivity contribution is 7.92. The summed E-state index contributed by atoms with van der Waals surface area (Å²) in [6, 6.07) is 4.15. The minimum atomic E-state index is -5.56. The first-order chi connectivity index (χ1) is 16.9. The number of pyridine rings is 1. The number of likely N-dealkylation sites (N-methyl/N-ethyl adjacent to an activating group) is 1. The number of aromatic nitrogens is 1. The molecule has 0 atom stereocenters. The lowest BCUT2D eigenvalue weighted by Crippen LogP contribution is -2.47. The van der Waals surface area contributed by atoms with Crippen molar-refractivity contribution in [3.05, 3.63) is 53.9 Å². The summed E-state index contributed by atoms with van der Waals surface area (Å²) in [5.41, 5.74) is -4.75. The van der Waals surface area contributed by atoms with Crippen LogP contribution in [0.1, 0.15) is 15.9 Å². The molecule has 0 spiro atoms. The minimum Gasteiger partial charge on any atom is -0.336 e. The number of hydrogen-bond donors (Lipinski definition) is 0. The molecule has 1 aromatic carbocycles. The molecule has 2 aliphatic heterocycles. The van der Waals surface area contributed by atoms with Crippen LogP contribution in [0.5, 0.6) is 0 Å². The van der Waals surface area contributed by atoms with Crippen LogP contribution in [0, 0.1) is 0 Å². The number of piperazine rings is 1. The highest BCUT2D eigenvalue weighted by Crippen LogP contribution is 2.32. The predicted octanol–water partition coefficient (Wildman–Crippen LogP) is 1.73. The monoisotopic (exact) mass is 525 g/mol. The van der Waals surface area contributed by atoms with Gasteiger partial charge in [0, 0.05) is 45.1 Å². The van der Waals surface area contributed by atoms with Crippen molar-refractivity contribution in [2.75, 3.05) is 44.7 Å². The number of carbonyl (C=O) groups is 3. The third-order valence-corrected chi connectivity index (χ3v) is 7.54. The fourth-order valence-corrected chi connectivity index (χ4v) is 4.74. The molecule has 0 unspecified atom stereocenters. The Hall–Kier alpha value is -3.52. The number of imide groups is 1. The van der Waals surface area contributed by atoms with Gasteiger partial charge in [0.15, 0.2) is 0 Å². The van der Waals surface area contributed by atoms with Gasteiger partial charge in [-0.2, -0.15) is 13.2 Å². The van der Waals surface area contributed by atoms with Gasteiger partial charge in [0.05, 0.1) is 16.1 Å². The van der Waals surface area contributed by atoms with Crippen LogP contribution in [0.15, 0.2) is 47.6 Å². The van der Waals surface area contributed by atoms with Crippen LogP contribution in [0.3, 0.4) is 0 Å². The molecule has 0 radical (unpaired) electrons. The third kappa shape index (κ3) is 4.78. The van der Waals surface area contributed by atoms with E-state index < -0.39 is 32.2 Å². The van der Waals surface area contributed by atoms with Gasteiger partial charge in [0.25, 0.3) is 21.7 Å². The van der Waals surface area contributed by atoms with Crippen molar-refractivity contribution in [1.29, 1.82) is 0 Å². The molecule has 2 aromatic rings. The molecule has 192 valence electrons. The van der Waals surface area contributed by atoms with E-state index in [0.717, 1.165) is 30.1 Å². The van der Waals surface area contributed by atoms with E-state index in [9.17, 15) is 36.0 Å². The molecule has 1 aromatic heterocycles. The lowest BCUT2D eigenvalue weighted by atomic mass is 10.1. The normalized spacial score (nSPS) is 17.7. The summed E-state index contributed by atoms with van der Waals surface area (Å²) in [5.74, 6) is -0.880. The number of nitrogens with zero attached hydrogens (tertiary/aromatic N) is 5. The fraction of sp³-hybridized carbons (Fsp3) is 0.364. The van der Waals surface area contributed by atoms with E-state index in [-0.39, 0.29) is 24.7 Å². The molecule has 2 aliphatic rings. The summed E-state index contributed by atoms with van der Waals surface area (Å²) in [7, 11) is -3.60. The highest BCUT2D eigenvalue weighted by Gasteiger charge is 2.47. The molecule has 10 nitrogen and oxygen atoms in total. The summed E-state index contributed by atoms with van der Waals surface area (Å²) in [6.07, 6.45) is 2.88. The summed E-state index contributed by atoms with van der Waals surface area (Å²) in [4.78, 5) is 47.4. The molecule has 4 amide bonds. The minimum absolute atomic E-state index is 0.0705. The summed E-state index contributed by atoms with van der Waals surface area (Å²) in [6.45, 7) is 2.12. The van der Waals surface area contributed by atoms with Crippen LogP contribution in [-0.4, -0.2) is 91.2 Å². The van der Waals surface area contributed by atoms with Gasteiger partial charge in [-0.1, -0.05) is 0 Å². The zero-order valence-corrected chi connectivity index (χ0v) is 19.9. The Kier molecular flexibility index (Phi) is 6.75. The number of amides is 4. The topological polar surface area (TPSA) is 111 Å². The SMILES string of the molecule is CN1CCN(C(=O)c2cnccc2CN2CC(=O)N(c3ccc(S(=O)(=O)C(F)(F)F)cc3)C2=O)CC1. The van der Waals surface area contributed by atoms with Gasteiger partial charge >= 0.3 is 11.5 Å². The standard InChI is InChI=1S/C22H22F3N5O5S/c1-27-8-10-28(11-9-27)20(32)18-12-26-7-6-15(18)13-29-14-19(31)30(21(29)33)16-2-4-17(5-3-16)36(34,35)22(23,24)25/h2-7,12H,8-11,13-14H2,1H3. The third-order valence-electron chi connectivity index (χ3n) is 6.04. The van der Waals surface area contributed by atoms with E-state index in [4.69, 9.17) is 0 Å². The Bertz CT molecular complexity index is 1290. The number of rotatable bonds is 5. The van der Waals surface area contributed by atoms with E-state index in [1.165, 1.54) is 17.3 Å². The van der Waals surface area contributed by atoms with Crippen LogP contribution in [0.4, 0.5) is 23.7 Å². The lowest BCUT2D eigenvalue weighted by Gasteiger charge is -2.32. The van der Waals surface area contributed by atoms with Gasteiger partial charge in [0.2, 0.25) is 0 Å². The molecule has 0 bridgehead atoms. The molecular formula is C22H22F3N5O5S. The van der Waals surface area contributed by atoms with Gasteiger partial charge in [-0.15, -0.1) is 0 Å². The Morgan fingerprint density at radius 3 is 2.28 bits per heavy atom. The van der Waals surface area contributed by atoms with E-state index in [0.29, 0.717) is 36.3 Å². The average molecular weight is 526 g/mol. The maximum atomic E-state index is 13.1. The zero-order valence-electron chi connectivity index (χ0n) is 19.1. The van der Waals surface area contributed by atoms with Gasteiger partial charge in [-0.25, -0.2) is 18.1 Å². The first kappa shape index (κ1) is 25.6. The first-order valence-electron chi connectivity index (χ1n) is 10.8. The Morgan fingerprint density at radius 1 is 1.03 bits per heavy atom. The molecular weight excluding hydrogens is 503 g/mol. The number of anilines is 1. The van der Waals surface area contributed by atoms with Gasteiger partial charge < -0.3 is 14.7 Å². The van der Waals surface area contributed by atoms with Crippen LogP contribution in [0.25, 0.3) is 0 Å². The van der Waals surface area contributed by atoms with E-state index in [1.807, 2.05) is 7.05 Å². The Balaban J connectivity index is 1.52. The smallest absolute Gasteiger partial charge is 0.336 e. The van der Waals surface area contributed by atoms with Crippen molar-refractivity contribution in [3.8, 4) is 0 Å². The largest absolute Gasteiger partial charge is 0.501 e. The van der Waals surface area contributed by atoms with Crippen LogP contribution in [0.2, 0.25) is 0 Å². The number of urea groups is 1. The second kappa shape index (κ2) is 9.50. The van der Waals surface area contributed by atoms with Crippen molar-refractivity contribution in [2.24, 2.45) is 0 Å². The molecule has 3 heterocycles. The number of hydrogen-bond acceptors (Lipinski definition) is 7. The fourth-order valence-electron chi connectivity index (χ4n) is 3.97. The molecule has 2 saturated heterocycles. The second-order valence-corrected chi connectivity index (χ2v) is 10.4. The number of carbonyl (C=O) groups excluding carboxylic acids is 3. The quantitative estimate of drug-likeness (QED) is 0.547. The molecule has 2 fully saturated rings. The second-order valence-electron chi connectivity index (χ2n) is 8.44. The maximum absolute atomic E-state index is 13.1. The summed E-state index contributed by atoms with van der Waals surface area (Å²) < 4.78 is 61.5. The van der Waals surface area contributed by atoms with Crippen LogP contribution < -0.4 is 4.90 Å². The molecule has 14 heteroatoms. The van der Waals surface area contributed by atoms with Crippen LogP contribution >= 0.6 is 0 Å². The van der Waals surface area contributed by atoms with Crippen molar-refractivity contribution >= 4 is 33.4 Å². The van der Waals surface area contributed by atoms with Gasteiger partial charge in [0.1, 0.15) is 6.54 Å². The molecule has 0 aliphatic carbocycles. The van der Waals surface area contributed by atoms with Gasteiger partial charge in [-0.05, 0) is 42.9 Å². The number of sulfone groups is 1. The highest BCUT2D eigenvalue weighted by atomic mass is 32.2. The van der Waals surface area contributed by atoms with Gasteiger partial charge in [-0.3, -0.25) is 14.6 Å². The maximum Gasteiger partial charge on any atom is 0.501 e. The first-order valence-corrected chi connectivity index (χ1v) is 12.3. The number of benzene rings is 1. The predicted molar refractivity (Wildman–Crippen MR) is 121 cm³/mol. The Morgan fingerprint density at radius 2 is 1.67 bits per heavy atom. The van der Waals surface area contributed by atoms with Crippen molar-refractivity contribution < 1.29 is 36.0 Å². The molecule has 4 rings (SSSR count). The number of alkyl halides is 3. The Labute approximate surface area is 204 Å². The summed E-state index contributed by atoms with van der Waals surface area (Å²) >= 11 is 0. The van der Waals surface area contributed by atoms with E-state index >= 15 is 0 Å². The molecule has 36 heavy (non-hydrogen) atoms. The lowest BCUT2D eigenvalue weighted by molar-refractivity contribution is -0.116. The van der Waals surface area contributed by atoms with E-state index in [1.54, 1.807) is 11.0 Å². The number of halogens is 3. The van der Waals surface area contributed by atoms with Crippen molar-refractivity contribution in [3.63, 3.8) is 0 Å². The average Bonchev–Trinajstić information content (AvgIpc) is 3.11. The molecule has 0 saturated carbocycles. The van der Waals surface area contributed by atoms with Crippen molar-refractivity contribution in [2.45, 2.75) is 16.9 Å². The van der Waals surface area contributed by atoms with E-state index in [2.05, 4.69) is 9.88 Å².